The van der Waals surface area contributed by atoms with Gasteiger partial charge >= 0.3 is 0 Å². The van der Waals surface area contributed by atoms with Crippen LogP contribution in [0.4, 0.5) is 13.9 Å². The highest BCUT2D eigenvalue weighted by molar-refractivity contribution is 7.15. The molecule has 2 aromatic carbocycles. The van der Waals surface area contributed by atoms with E-state index >= 15 is 0 Å². The van der Waals surface area contributed by atoms with E-state index in [-0.39, 0.29) is 18.2 Å². The van der Waals surface area contributed by atoms with Gasteiger partial charge < -0.3 is 4.74 Å². The number of nitrogens with zero attached hydrogens (tertiary/aromatic N) is 1. The molecule has 0 atom stereocenters. The summed E-state index contributed by atoms with van der Waals surface area (Å²) in [5.41, 5.74) is 1.44. The molecule has 0 radical (unpaired) electrons. The van der Waals surface area contributed by atoms with E-state index in [1.165, 1.54) is 35.6 Å². The lowest BCUT2D eigenvalue weighted by atomic mass is 10.1. The first kappa shape index (κ1) is 18.0. The van der Waals surface area contributed by atoms with Crippen LogP contribution in [-0.2, 0) is 11.2 Å². The average Bonchev–Trinajstić information content (AvgIpc) is 3.03. The molecular weight excluding hydrogens is 358 g/mol. The number of rotatable bonds is 6. The third kappa shape index (κ3) is 4.86. The van der Waals surface area contributed by atoms with Gasteiger partial charge in [-0.1, -0.05) is 18.2 Å². The summed E-state index contributed by atoms with van der Waals surface area (Å²) in [4.78, 5) is 16.9. The zero-order valence-electron chi connectivity index (χ0n) is 14.0. The predicted octanol–water partition coefficient (Wildman–Crippen LogP) is 4.34. The van der Waals surface area contributed by atoms with Crippen LogP contribution in [0.2, 0.25) is 0 Å². The molecule has 1 heterocycles. The highest BCUT2D eigenvalue weighted by Gasteiger charge is 2.09. The second kappa shape index (κ2) is 8.05. The van der Waals surface area contributed by atoms with Crippen LogP contribution in [0.3, 0.4) is 0 Å². The molecule has 1 aromatic heterocycles. The average molecular weight is 374 g/mol. The first-order chi connectivity index (χ1) is 12.5. The predicted molar refractivity (Wildman–Crippen MR) is 96.6 cm³/mol. The van der Waals surface area contributed by atoms with Gasteiger partial charge in [0.2, 0.25) is 0 Å². The van der Waals surface area contributed by atoms with Gasteiger partial charge in [-0.15, -0.1) is 11.3 Å². The third-order valence-corrected chi connectivity index (χ3v) is 4.49. The molecule has 0 fully saturated rings. The number of hydrogen-bond donors (Lipinski definition) is 1. The molecule has 0 saturated carbocycles. The van der Waals surface area contributed by atoms with E-state index in [0.29, 0.717) is 17.1 Å². The normalized spacial score (nSPS) is 10.6. The molecule has 0 saturated heterocycles. The minimum atomic E-state index is -0.431. The Bertz CT molecular complexity index is 927. The summed E-state index contributed by atoms with van der Waals surface area (Å²) in [6.45, 7) is 1.47. The fourth-order valence-electron chi connectivity index (χ4n) is 2.26. The van der Waals surface area contributed by atoms with E-state index in [2.05, 4.69) is 10.3 Å². The van der Waals surface area contributed by atoms with E-state index in [9.17, 15) is 13.6 Å². The van der Waals surface area contributed by atoms with E-state index in [4.69, 9.17) is 4.74 Å². The SMILES string of the molecule is Cc1ccc(Cc2cnc(NC(=O)COc3cccc(F)c3)s2)cc1F. The quantitative estimate of drug-likeness (QED) is 0.698. The summed E-state index contributed by atoms with van der Waals surface area (Å²) in [5, 5.41) is 3.06. The van der Waals surface area contributed by atoms with Crippen LogP contribution in [-0.4, -0.2) is 17.5 Å². The highest BCUT2D eigenvalue weighted by atomic mass is 32.1. The third-order valence-electron chi connectivity index (χ3n) is 3.58. The first-order valence-electron chi connectivity index (χ1n) is 7.87. The molecule has 0 aliphatic carbocycles. The number of thiazole rings is 1. The maximum atomic E-state index is 13.6. The summed E-state index contributed by atoms with van der Waals surface area (Å²) in [6.07, 6.45) is 2.18. The van der Waals surface area contributed by atoms with Crippen LogP contribution in [0.5, 0.6) is 5.75 Å². The molecule has 3 aromatic rings. The number of carbonyl (C=O) groups is 1. The van der Waals surface area contributed by atoms with Crippen molar-refractivity contribution in [2.75, 3.05) is 11.9 Å². The second-order valence-corrected chi connectivity index (χ2v) is 6.80. The number of nitrogens with one attached hydrogen (secondary N) is 1. The lowest BCUT2D eigenvalue weighted by molar-refractivity contribution is -0.118. The molecule has 1 N–H and O–H groups in total. The summed E-state index contributed by atoms with van der Waals surface area (Å²) in [5.74, 6) is -0.784. The molecular formula is C19H16F2N2O2S. The van der Waals surface area contributed by atoms with Crippen LogP contribution < -0.4 is 10.1 Å². The van der Waals surface area contributed by atoms with Gasteiger partial charge in [0.15, 0.2) is 11.7 Å². The Kier molecular flexibility index (Phi) is 5.58. The molecule has 0 aliphatic heterocycles. The van der Waals surface area contributed by atoms with Crippen LogP contribution in [0.15, 0.2) is 48.7 Å². The number of anilines is 1. The fraction of sp³-hybridized carbons (Fsp3) is 0.158. The van der Waals surface area contributed by atoms with Crippen LogP contribution in [0.25, 0.3) is 0 Å². The topological polar surface area (TPSA) is 51.2 Å². The summed E-state index contributed by atoms with van der Waals surface area (Å²) in [7, 11) is 0. The second-order valence-electron chi connectivity index (χ2n) is 5.69. The zero-order chi connectivity index (χ0) is 18.5. The minimum absolute atomic E-state index is 0.241. The lowest BCUT2D eigenvalue weighted by Crippen LogP contribution is -2.20. The molecule has 1 amide bonds. The Morgan fingerprint density at radius 2 is 2.08 bits per heavy atom. The lowest BCUT2D eigenvalue weighted by Gasteiger charge is -2.05. The van der Waals surface area contributed by atoms with Crippen molar-refractivity contribution < 1.29 is 18.3 Å². The maximum Gasteiger partial charge on any atom is 0.264 e. The van der Waals surface area contributed by atoms with Crippen LogP contribution in [0, 0.1) is 18.6 Å². The number of carbonyl (C=O) groups excluding carboxylic acids is 1. The zero-order valence-corrected chi connectivity index (χ0v) is 14.8. The standard InChI is InChI=1S/C19H16F2N2O2S/c1-12-5-6-13(8-17(12)21)7-16-10-22-19(26-16)23-18(24)11-25-15-4-2-3-14(20)9-15/h2-6,8-10H,7,11H2,1H3,(H,22,23,24). The van der Waals surface area contributed by atoms with Gasteiger partial charge in [0.25, 0.3) is 5.91 Å². The largest absolute Gasteiger partial charge is 0.484 e. The van der Waals surface area contributed by atoms with Crippen molar-refractivity contribution in [3.05, 3.63) is 76.3 Å². The molecule has 0 spiro atoms. The van der Waals surface area contributed by atoms with Crippen LogP contribution >= 0.6 is 11.3 Å². The molecule has 26 heavy (non-hydrogen) atoms. The Hall–Kier alpha value is -2.80. The van der Waals surface area contributed by atoms with E-state index in [1.54, 1.807) is 25.3 Å². The van der Waals surface area contributed by atoms with Crippen molar-refractivity contribution in [2.45, 2.75) is 13.3 Å². The molecule has 4 nitrogen and oxygen atoms in total. The van der Waals surface area contributed by atoms with Gasteiger partial charge in [-0.2, -0.15) is 0 Å². The van der Waals surface area contributed by atoms with Crippen LogP contribution in [0.1, 0.15) is 16.0 Å². The van der Waals surface area contributed by atoms with Gasteiger partial charge in [0, 0.05) is 23.6 Å². The number of ether oxygens (including phenoxy) is 1. The molecule has 134 valence electrons. The molecule has 0 bridgehead atoms. The van der Waals surface area contributed by atoms with E-state index in [0.717, 1.165) is 10.4 Å². The van der Waals surface area contributed by atoms with Crippen molar-refractivity contribution in [1.29, 1.82) is 0 Å². The van der Waals surface area contributed by atoms with Crippen molar-refractivity contribution >= 4 is 22.4 Å². The van der Waals surface area contributed by atoms with Crippen molar-refractivity contribution in [2.24, 2.45) is 0 Å². The van der Waals surface area contributed by atoms with Gasteiger partial charge in [-0.25, -0.2) is 13.8 Å². The first-order valence-corrected chi connectivity index (χ1v) is 8.69. The van der Waals surface area contributed by atoms with Gasteiger partial charge in [-0.3, -0.25) is 10.1 Å². The number of amides is 1. The minimum Gasteiger partial charge on any atom is -0.484 e. The number of aryl methyl sites for hydroxylation is 1. The van der Waals surface area contributed by atoms with E-state index in [1.807, 2.05) is 6.07 Å². The molecule has 7 heteroatoms. The summed E-state index contributed by atoms with van der Waals surface area (Å²) in [6, 6.07) is 10.7. The molecule has 0 aliphatic rings. The number of hydrogen-bond acceptors (Lipinski definition) is 4. The van der Waals surface area contributed by atoms with Gasteiger partial charge in [0.05, 0.1) is 0 Å². The smallest absolute Gasteiger partial charge is 0.264 e. The van der Waals surface area contributed by atoms with Gasteiger partial charge in [-0.05, 0) is 36.2 Å². The Balaban J connectivity index is 1.54. The molecule has 0 unspecified atom stereocenters. The monoisotopic (exact) mass is 374 g/mol. The Morgan fingerprint density at radius 1 is 1.23 bits per heavy atom. The Labute approximate surface area is 153 Å². The van der Waals surface area contributed by atoms with Gasteiger partial charge in [0.1, 0.15) is 17.4 Å². The number of benzene rings is 2. The number of halogens is 2. The highest BCUT2D eigenvalue weighted by Crippen LogP contribution is 2.22. The fourth-order valence-corrected chi connectivity index (χ4v) is 3.12. The van der Waals surface area contributed by atoms with Crippen molar-refractivity contribution in [3.8, 4) is 5.75 Å². The molecule has 3 rings (SSSR count). The maximum absolute atomic E-state index is 13.6. The van der Waals surface area contributed by atoms with E-state index < -0.39 is 11.7 Å². The summed E-state index contributed by atoms with van der Waals surface area (Å²) >= 11 is 1.31. The van der Waals surface area contributed by atoms with Crippen molar-refractivity contribution in [3.63, 3.8) is 0 Å². The summed E-state index contributed by atoms with van der Waals surface area (Å²) < 4.78 is 31.9. The number of aromatic nitrogens is 1. The van der Waals surface area contributed by atoms with Crippen molar-refractivity contribution in [1.82, 2.24) is 4.98 Å². The Morgan fingerprint density at radius 3 is 2.85 bits per heavy atom.